The number of hydrogen-bond acceptors (Lipinski definition) is 4. The Morgan fingerprint density at radius 3 is 2.30 bits per heavy atom. The second-order valence-electron chi connectivity index (χ2n) is 6.36. The highest BCUT2D eigenvalue weighted by atomic mass is 35.5. The summed E-state index contributed by atoms with van der Waals surface area (Å²) in [6, 6.07) is 19.6. The van der Waals surface area contributed by atoms with E-state index < -0.39 is 15.9 Å². The van der Waals surface area contributed by atoms with E-state index in [2.05, 4.69) is 5.32 Å². The van der Waals surface area contributed by atoms with E-state index in [1.807, 2.05) is 6.92 Å². The molecule has 0 unspecified atom stereocenters. The van der Waals surface area contributed by atoms with E-state index >= 15 is 0 Å². The summed E-state index contributed by atoms with van der Waals surface area (Å²) in [4.78, 5) is 12.8. The first-order chi connectivity index (χ1) is 14.3. The van der Waals surface area contributed by atoms with Crippen molar-refractivity contribution >= 4 is 38.9 Å². The van der Waals surface area contributed by atoms with Crippen molar-refractivity contribution in [2.45, 2.75) is 11.8 Å². The first-order valence-corrected chi connectivity index (χ1v) is 11.0. The van der Waals surface area contributed by atoms with Crippen LogP contribution in [-0.2, 0) is 10.0 Å². The van der Waals surface area contributed by atoms with Crippen LogP contribution in [0.15, 0.2) is 77.7 Å². The molecule has 3 rings (SSSR count). The molecule has 3 aromatic carbocycles. The van der Waals surface area contributed by atoms with Crippen LogP contribution in [0.1, 0.15) is 17.3 Å². The Morgan fingerprint density at radius 2 is 1.70 bits per heavy atom. The van der Waals surface area contributed by atoms with E-state index in [1.54, 1.807) is 48.5 Å². The SMILES string of the molecule is CCOc1ccc(NC(=O)c2ccc(N(C)S(=O)(=O)c3ccccc3)cc2Cl)cc1. The molecule has 6 nitrogen and oxygen atoms in total. The van der Waals surface area contributed by atoms with Gasteiger partial charge in [0.05, 0.1) is 27.8 Å². The Hall–Kier alpha value is -3.03. The maximum Gasteiger partial charge on any atom is 0.264 e. The average Bonchev–Trinajstić information content (AvgIpc) is 2.75. The van der Waals surface area contributed by atoms with Gasteiger partial charge in [-0.15, -0.1) is 0 Å². The Labute approximate surface area is 181 Å². The quantitative estimate of drug-likeness (QED) is 0.567. The topological polar surface area (TPSA) is 75.7 Å². The molecule has 0 aliphatic rings. The molecular formula is C22H21ClN2O4S. The van der Waals surface area contributed by atoms with Gasteiger partial charge in [-0.1, -0.05) is 29.8 Å². The van der Waals surface area contributed by atoms with Gasteiger partial charge in [0.15, 0.2) is 0 Å². The van der Waals surface area contributed by atoms with E-state index in [0.717, 1.165) is 4.31 Å². The largest absolute Gasteiger partial charge is 0.494 e. The fourth-order valence-corrected chi connectivity index (χ4v) is 4.24. The van der Waals surface area contributed by atoms with E-state index in [-0.39, 0.29) is 15.5 Å². The van der Waals surface area contributed by atoms with Gasteiger partial charge in [-0.25, -0.2) is 8.42 Å². The number of hydrogen-bond donors (Lipinski definition) is 1. The third-order valence-corrected chi connectivity index (χ3v) is 6.50. The normalized spacial score (nSPS) is 11.0. The molecule has 1 amide bonds. The third-order valence-electron chi connectivity index (χ3n) is 4.39. The molecule has 0 bridgehead atoms. The van der Waals surface area contributed by atoms with E-state index in [9.17, 15) is 13.2 Å². The maximum absolute atomic E-state index is 12.8. The van der Waals surface area contributed by atoms with Gasteiger partial charge >= 0.3 is 0 Å². The molecule has 156 valence electrons. The minimum atomic E-state index is -3.74. The summed E-state index contributed by atoms with van der Waals surface area (Å²) in [5.41, 5.74) is 1.17. The lowest BCUT2D eigenvalue weighted by molar-refractivity contribution is 0.102. The molecule has 0 spiro atoms. The number of halogens is 1. The maximum atomic E-state index is 12.8. The van der Waals surface area contributed by atoms with Crippen molar-refractivity contribution in [1.82, 2.24) is 0 Å². The number of amides is 1. The van der Waals surface area contributed by atoms with Crippen molar-refractivity contribution < 1.29 is 17.9 Å². The zero-order chi connectivity index (χ0) is 21.7. The molecule has 0 atom stereocenters. The lowest BCUT2D eigenvalue weighted by Gasteiger charge is -2.20. The van der Waals surface area contributed by atoms with Crippen LogP contribution in [-0.4, -0.2) is 28.0 Å². The summed E-state index contributed by atoms with van der Waals surface area (Å²) in [7, 11) is -2.30. The molecule has 0 aromatic heterocycles. The second kappa shape index (κ2) is 9.19. The van der Waals surface area contributed by atoms with Gasteiger partial charge in [-0.2, -0.15) is 0 Å². The number of nitrogens with zero attached hydrogens (tertiary/aromatic N) is 1. The summed E-state index contributed by atoms with van der Waals surface area (Å²) >= 11 is 6.29. The lowest BCUT2D eigenvalue weighted by atomic mass is 10.2. The zero-order valence-electron chi connectivity index (χ0n) is 16.5. The second-order valence-corrected chi connectivity index (χ2v) is 8.74. The highest BCUT2D eigenvalue weighted by Gasteiger charge is 2.22. The molecule has 0 aliphatic carbocycles. The summed E-state index contributed by atoms with van der Waals surface area (Å²) in [5.74, 6) is 0.310. The van der Waals surface area contributed by atoms with Gasteiger partial charge in [0.2, 0.25) is 0 Å². The molecule has 0 heterocycles. The van der Waals surface area contributed by atoms with Crippen molar-refractivity contribution in [3.63, 3.8) is 0 Å². The van der Waals surface area contributed by atoms with Crippen molar-refractivity contribution in [3.8, 4) is 5.75 Å². The lowest BCUT2D eigenvalue weighted by Crippen LogP contribution is -2.26. The standard InChI is InChI=1S/C22H21ClN2O4S/c1-3-29-18-12-9-16(10-13-18)24-22(26)20-14-11-17(15-21(20)23)25(2)30(27,28)19-7-5-4-6-8-19/h4-15H,3H2,1-2H3,(H,24,26). The first-order valence-electron chi connectivity index (χ1n) is 9.20. The number of carbonyl (C=O) groups is 1. The van der Waals surface area contributed by atoms with Crippen LogP contribution in [0.3, 0.4) is 0 Å². The minimum Gasteiger partial charge on any atom is -0.494 e. The van der Waals surface area contributed by atoms with Crippen molar-refractivity contribution in [3.05, 3.63) is 83.4 Å². The molecule has 3 aromatic rings. The third kappa shape index (κ3) is 4.75. The van der Waals surface area contributed by atoms with Crippen LogP contribution < -0.4 is 14.4 Å². The number of nitrogens with one attached hydrogen (secondary N) is 1. The summed E-state index contributed by atoms with van der Waals surface area (Å²) < 4.78 is 32.0. The Bertz CT molecular complexity index is 1130. The highest BCUT2D eigenvalue weighted by Crippen LogP contribution is 2.28. The van der Waals surface area contributed by atoms with Crippen LogP contribution in [0.5, 0.6) is 5.75 Å². The fraction of sp³-hybridized carbons (Fsp3) is 0.136. The molecule has 0 saturated heterocycles. The van der Waals surface area contributed by atoms with Crippen molar-refractivity contribution in [1.29, 1.82) is 0 Å². The molecule has 0 saturated carbocycles. The summed E-state index contributed by atoms with van der Waals surface area (Å²) in [6.45, 7) is 2.45. The van der Waals surface area contributed by atoms with Crippen LogP contribution >= 0.6 is 11.6 Å². The minimum absolute atomic E-state index is 0.144. The predicted molar refractivity (Wildman–Crippen MR) is 119 cm³/mol. The Morgan fingerprint density at radius 1 is 1.03 bits per heavy atom. The van der Waals surface area contributed by atoms with Gasteiger partial charge in [-0.3, -0.25) is 9.10 Å². The molecule has 30 heavy (non-hydrogen) atoms. The van der Waals surface area contributed by atoms with E-state index in [4.69, 9.17) is 16.3 Å². The molecule has 0 fully saturated rings. The van der Waals surface area contributed by atoms with Gasteiger partial charge < -0.3 is 10.1 Å². The van der Waals surface area contributed by atoms with Crippen LogP contribution in [0.25, 0.3) is 0 Å². The molecule has 0 aliphatic heterocycles. The molecule has 1 N–H and O–H groups in total. The monoisotopic (exact) mass is 444 g/mol. The van der Waals surface area contributed by atoms with E-state index in [0.29, 0.717) is 23.7 Å². The number of rotatable bonds is 7. The number of sulfonamides is 1. The predicted octanol–water partition coefficient (Wildman–Crippen LogP) is 4.82. The Balaban J connectivity index is 1.78. The van der Waals surface area contributed by atoms with Crippen LogP contribution in [0.2, 0.25) is 5.02 Å². The number of carbonyl (C=O) groups excluding carboxylic acids is 1. The zero-order valence-corrected chi connectivity index (χ0v) is 18.1. The van der Waals surface area contributed by atoms with Gasteiger partial charge in [-0.05, 0) is 61.5 Å². The summed E-state index contributed by atoms with van der Waals surface area (Å²) in [5, 5.41) is 2.91. The van der Waals surface area contributed by atoms with Crippen LogP contribution in [0, 0.1) is 0 Å². The molecule has 0 radical (unpaired) electrons. The van der Waals surface area contributed by atoms with Crippen molar-refractivity contribution in [2.75, 3.05) is 23.3 Å². The first kappa shape index (κ1) is 21.7. The Kier molecular flexibility index (Phi) is 6.64. The fourth-order valence-electron chi connectivity index (χ4n) is 2.77. The average molecular weight is 445 g/mol. The van der Waals surface area contributed by atoms with Crippen molar-refractivity contribution in [2.24, 2.45) is 0 Å². The highest BCUT2D eigenvalue weighted by molar-refractivity contribution is 7.92. The smallest absolute Gasteiger partial charge is 0.264 e. The van der Waals surface area contributed by atoms with Gasteiger partial charge in [0.1, 0.15) is 5.75 Å². The number of ether oxygens (including phenoxy) is 1. The molecular weight excluding hydrogens is 424 g/mol. The van der Waals surface area contributed by atoms with Crippen LogP contribution in [0.4, 0.5) is 11.4 Å². The molecule has 8 heteroatoms. The van der Waals surface area contributed by atoms with Gasteiger partial charge in [0.25, 0.3) is 15.9 Å². The van der Waals surface area contributed by atoms with E-state index in [1.165, 1.54) is 31.3 Å². The summed E-state index contributed by atoms with van der Waals surface area (Å²) in [6.07, 6.45) is 0. The van der Waals surface area contributed by atoms with Gasteiger partial charge in [0, 0.05) is 12.7 Å². The number of benzene rings is 3. The number of anilines is 2.